The fourth-order valence-electron chi connectivity index (χ4n) is 1.62. The van der Waals surface area contributed by atoms with Crippen molar-refractivity contribution in [3.8, 4) is 5.69 Å². The molecule has 18 heavy (non-hydrogen) atoms. The van der Waals surface area contributed by atoms with Gasteiger partial charge in [0.05, 0.1) is 5.69 Å². The van der Waals surface area contributed by atoms with Gasteiger partial charge in [-0.3, -0.25) is 4.79 Å². The molecule has 6 heteroatoms. The summed E-state index contributed by atoms with van der Waals surface area (Å²) in [6.45, 7) is 0. The van der Waals surface area contributed by atoms with E-state index in [0.717, 1.165) is 15.7 Å². The lowest BCUT2D eigenvalue weighted by molar-refractivity contribution is -0.138. The Morgan fingerprint density at radius 3 is 2.89 bits per heavy atom. The molecule has 94 valence electrons. The summed E-state index contributed by atoms with van der Waals surface area (Å²) in [4.78, 5) is 10.7. The maximum absolute atomic E-state index is 10.7. The zero-order chi connectivity index (χ0) is 13.1. The summed E-state index contributed by atoms with van der Waals surface area (Å²) in [5.74, 6) is -0.998. The number of nitrogens with zero attached hydrogens (tertiary/aromatic N) is 2. The molecule has 3 N–H and O–H groups in total. The third kappa shape index (κ3) is 2.77. The Morgan fingerprint density at radius 2 is 2.33 bits per heavy atom. The van der Waals surface area contributed by atoms with Crippen LogP contribution >= 0.6 is 15.9 Å². The van der Waals surface area contributed by atoms with Gasteiger partial charge in [0.15, 0.2) is 0 Å². The smallest absolute Gasteiger partial charge is 0.320 e. The lowest BCUT2D eigenvalue weighted by Crippen LogP contribution is -2.32. The fraction of sp³-hybridized carbons (Fsp3) is 0.167. The largest absolute Gasteiger partial charge is 0.480 e. The molecule has 0 fully saturated rings. The summed E-state index contributed by atoms with van der Waals surface area (Å²) < 4.78 is 2.58. The maximum Gasteiger partial charge on any atom is 0.320 e. The predicted octanol–water partition coefficient (Wildman–Crippen LogP) is 1.59. The van der Waals surface area contributed by atoms with E-state index >= 15 is 0 Å². The molecule has 0 radical (unpaired) electrons. The average Bonchev–Trinajstić information content (AvgIpc) is 2.82. The number of hydrogen-bond acceptors (Lipinski definition) is 3. The highest BCUT2D eigenvalue weighted by Gasteiger charge is 2.13. The average molecular weight is 310 g/mol. The van der Waals surface area contributed by atoms with Gasteiger partial charge in [0.1, 0.15) is 6.04 Å². The number of carboxylic acids is 1. The molecule has 1 aromatic carbocycles. The molecule has 1 heterocycles. The molecular weight excluding hydrogens is 298 g/mol. The first kappa shape index (κ1) is 12.8. The van der Waals surface area contributed by atoms with Crippen molar-refractivity contribution in [2.45, 2.75) is 12.5 Å². The van der Waals surface area contributed by atoms with Crippen molar-refractivity contribution >= 4 is 21.9 Å². The van der Waals surface area contributed by atoms with Gasteiger partial charge < -0.3 is 10.8 Å². The molecule has 5 nitrogen and oxygen atoms in total. The minimum atomic E-state index is -0.998. The Labute approximate surface area is 112 Å². The standard InChI is InChI=1S/C12H12BrN3O2/c13-9-6-8(7-10(14)12(17)18)2-3-11(9)16-5-1-4-15-16/h1-6,10H,7,14H2,(H,17,18). The van der Waals surface area contributed by atoms with E-state index in [1.54, 1.807) is 10.9 Å². The van der Waals surface area contributed by atoms with E-state index in [0.29, 0.717) is 6.42 Å². The van der Waals surface area contributed by atoms with E-state index in [-0.39, 0.29) is 0 Å². The zero-order valence-corrected chi connectivity index (χ0v) is 11.0. The van der Waals surface area contributed by atoms with Crippen molar-refractivity contribution in [1.82, 2.24) is 9.78 Å². The SMILES string of the molecule is NC(Cc1ccc(-n2cccn2)c(Br)c1)C(=O)O. The second-order valence-corrected chi connectivity index (χ2v) is 4.74. The van der Waals surface area contributed by atoms with Crippen molar-refractivity contribution in [1.29, 1.82) is 0 Å². The fourth-order valence-corrected chi connectivity index (χ4v) is 2.22. The number of carboxylic acid groups (broad SMARTS) is 1. The zero-order valence-electron chi connectivity index (χ0n) is 9.45. The van der Waals surface area contributed by atoms with Crippen LogP contribution < -0.4 is 5.73 Å². The molecule has 0 aliphatic carbocycles. The monoisotopic (exact) mass is 309 g/mol. The molecule has 1 atom stereocenters. The molecule has 1 unspecified atom stereocenters. The number of rotatable bonds is 4. The minimum Gasteiger partial charge on any atom is -0.480 e. The second-order valence-electron chi connectivity index (χ2n) is 3.89. The first-order chi connectivity index (χ1) is 8.58. The second kappa shape index (κ2) is 5.32. The van der Waals surface area contributed by atoms with Gasteiger partial charge >= 0.3 is 5.97 Å². The van der Waals surface area contributed by atoms with Gasteiger partial charge in [0.25, 0.3) is 0 Å². The number of aliphatic carboxylic acids is 1. The minimum absolute atomic E-state index is 0.299. The summed E-state index contributed by atoms with van der Waals surface area (Å²) in [7, 11) is 0. The lowest BCUT2D eigenvalue weighted by atomic mass is 10.1. The van der Waals surface area contributed by atoms with Gasteiger partial charge in [0, 0.05) is 16.9 Å². The van der Waals surface area contributed by atoms with Crippen LogP contribution in [-0.2, 0) is 11.2 Å². The normalized spacial score (nSPS) is 12.3. The molecule has 0 amide bonds. The van der Waals surface area contributed by atoms with Gasteiger partial charge in [-0.05, 0) is 46.1 Å². The highest BCUT2D eigenvalue weighted by Crippen LogP contribution is 2.22. The van der Waals surface area contributed by atoms with E-state index in [2.05, 4.69) is 21.0 Å². The number of aromatic nitrogens is 2. The number of benzene rings is 1. The Kier molecular flexibility index (Phi) is 3.78. The topological polar surface area (TPSA) is 81.1 Å². The van der Waals surface area contributed by atoms with Crippen molar-refractivity contribution in [2.24, 2.45) is 5.73 Å². The molecule has 2 rings (SSSR count). The van der Waals surface area contributed by atoms with Crippen LogP contribution in [0, 0.1) is 0 Å². The van der Waals surface area contributed by atoms with Crippen molar-refractivity contribution in [3.63, 3.8) is 0 Å². The van der Waals surface area contributed by atoms with Crippen LogP contribution in [0.4, 0.5) is 0 Å². The van der Waals surface area contributed by atoms with Crippen LogP contribution in [0.15, 0.2) is 41.1 Å². The Balaban J connectivity index is 2.23. The van der Waals surface area contributed by atoms with Gasteiger partial charge in [-0.2, -0.15) is 5.10 Å². The summed E-state index contributed by atoms with van der Waals surface area (Å²) in [6.07, 6.45) is 3.83. The first-order valence-electron chi connectivity index (χ1n) is 5.35. The van der Waals surface area contributed by atoms with Crippen LogP contribution in [0.3, 0.4) is 0 Å². The number of hydrogen-bond donors (Lipinski definition) is 2. The van der Waals surface area contributed by atoms with E-state index in [4.69, 9.17) is 10.8 Å². The Hall–Kier alpha value is -1.66. The third-order valence-electron chi connectivity index (χ3n) is 2.54. The van der Waals surface area contributed by atoms with E-state index in [1.807, 2.05) is 30.5 Å². The van der Waals surface area contributed by atoms with Gasteiger partial charge in [-0.25, -0.2) is 4.68 Å². The summed E-state index contributed by atoms with van der Waals surface area (Å²) in [5, 5.41) is 12.9. The van der Waals surface area contributed by atoms with Gasteiger partial charge in [0.2, 0.25) is 0 Å². The van der Waals surface area contributed by atoms with Crippen LogP contribution in [0.2, 0.25) is 0 Å². The number of nitrogens with two attached hydrogens (primary N) is 1. The molecule has 0 aliphatic heterocycles. The summed E-state index contributed by atoms with van der Waals surface area (Å²) in [6, 6.07) is 6.54. The highest BCUT2D eigenvalue weighted by atomic mass is 79.9. The van der Waals surface area contributed by atoms with Crippen molar-refractivity contribution in [2.75, 3.05) is 0 Å². The maximum atomic E-state index is 10.7. The first-order valence-corrected chi connectivity index (χ1v) is 6.14. The molecule has 0 saturated carbocycles. The van der Waals surface area contributed by atoms with Crippen LogP contribution in [0.25, 0.3) is 5.69 Å². The lowest BCUT2D eigenvalue weighted by Gasteiger charge is -2.09. The molecule has 0 saturated heterocycles. The summed E-state index contributed by atoms with van der Waals surface area (Å²) in [5.41, 5.74) is 7.26. The molecule has 2 aromatic rings. The van der Waals surface area contributed by atoms with Crippen LogP contribution in [-0.4, -0.2) is 26.9 Å². The van der Waals surface area contributed by atoms with Crippen LogP contribution in [0.1, 0.15) is 5.56 Å². The van der Waals surface area contributed by atoms with E-state index in [9.17, 15) is 4.79 Å². The molecule has 0 aliphatic rings. The molecule has 0 spiro atoms. The third-order valence-corrected chi connectivity index (χ3v) is 3.17. The van der Waals surface area contributed by atoms with Gasteiger partial charge in [-0.1, -0.05) is 6.07 Å². The number of halogens is 1. The quantitative estimate of drug-likeness (QED) is 0.898. The van der Waals surface area contributed by atoms with E-state index < -0.39 is 12.0 Å². The molecule has 1 aromatic heterocycles. The van der Waals surface area contributed by atoms with Crippen molar-refractivity contribution in [3.05, 3.63) is 46.7 Å². The van der Waals surface area contributed by atoms with Gasteiger partial charge in [-0.15, -0.1) is 0 Å². The Morgan fingerprint density at radius 1 is 1.56 bits per heavy atom. The number of carbonyl (C=O) groups is 1. The molecular formula is C12H12BrN3O2. The predicted molar refractivity (Wildman–Crippen MR) is 70.6 cm³/mol. The summed E-state index contributed by atoms with van der Waals surface area (Å²) >= 11 is 3.45. The molecule has 0 bridgehead atoms. The van der Waals surface area contributed by atoms with E-state index in [1.165, 1.54) is 0 Å². The van der Waals surface area contributed by atoms with Crippen molar-refractivity contribution < 1.29 is 9.90 Å². The van der Waals surface area contributed by atoms with Crippen LogP contribution in [0.5, 0.6) is 0 Å². The Bertz CT molecular complexity index is 554. The highest BCUT2D eigenvalue weighted by molar-refractivity contribution is 9.10.